The second-order valence-corrected chi connectivity index (χ2v) is 15.4. The topological polar surface area (TPSA) is 149 Å². The lowest BCUT2D eigenvalue weighted by atomic mass is 9.35. The lowest BCUT2D eigenvalue weighted by Gasteiger charge is -2.70. The highest BCUT2D eigenvalue weighted by Gasteiger charge is 2.77. The van der Waals surface area contributed by atoms with Gasteiger partial charge in [-0.2, -0.15) is 0 Å². The van der Waals surface area contributed by atoms with Crippen LogP contribution in [0.15, 0.2) is 49.1 Å². The maximum atomic E-state index is 14.7. The molecule has 0 N–H and O–H groups in total. The molecule has 1 aliphatic heterocycles. The van der Waals surface area contributed by atoms with Crippen molar-refractivity contribution in [2.75, 3.05) is 6.61 Å². The van der Waals surface area contributed by atoms with E-state index >= 15 is 0 Å². The molecule has 1 heterocycles. The average Bonchev–Trinajstić information content (AvgIpc) is 3.23. The minimum Gasteiger partial charge on any atom is -0.462 e. The monoisotopic (exact) mass is 706 g/mol. The zero-order valence-corrected chi connectivity index (χ0v) is 30.8. The summed E-state index contributed by atoms with van der Waals surface area (Å²) in [7, 11) is 0. The van der Waals surface area contributed by atoms with Crippen molar-refractivity contribution in [3.63, 3.8) is 0 Å². The third-order valence-corrected chi connectivity index (χ3v) is 12.5. The molecule has 12 atom stereocenters. The van der Waals surface area contributed by atoms with Crippen LogP contribution < -0.4 is 0 Å². The largest absolute Gasteiger partial charge is 0.462 e. The van der Waals surface area contributed by atoms with E-state index in [2.05, 4.69) is 6.58 Å². The molecule has 0 spiro atoms. The van der Waals surface area contributed by atoms with Crippen molar-refractivity contribution in [2.24, 2.45) is 45.8 Å². The van der Waals surface area contributed by atoms with Crippen LogP contribution in [0.3, 0.4) is 0 Å². The molecule has 51 heavy (non-hydrogen) atoms. The van der Waals surface area contributed by atoms with Crippen LogP contribution >= 0.6 is 0 Å². The van der Waals surface area contributed by atoms with Crippen molar-refractivity contribution in [2.45, 2.75) is 99.1 Å². The third kappa shape index (κ3) is 6.41. The predicted octanol–water partition coefficient (Wildman–Crippen LogP) is 5.44. The van der Waals surface area contributed by atoms with E-state index in [4.69, 9.17) is 23.7 Å². The van der Waals surface area contributed by atoms with E-state index in [0.29, 0.717) is 19.3 Å². The Balaban J connectivity index is 1.80. The number of esters is 5. The van der Waals surface area contributed by atoms with Gasteiger partial charge in [-0.25, -0.2) is 4.79 Å². The zero-order valence-electron chi connectivity index (χ0n) is 30.8. The molecule has 0 saturated heterocycles. The number of cyclic esters (lactones) is 1. The normalized spacial score (nSPS) is 37.6. The van der Waals surface area contributed by atoms with Crippen LogP contribution in [0.4, 0.5) is 0 Å². The number of benzene rings is 1. The Morgan fingerprint density at radius 1 is 0.922 bits per heavy atom. The first-order chi connectivity index (χ1) is 23.9. The van der Waals surface area contributed by atoms with Gasteiger partial charge in [0.05, 0.1) is 5.41 Å². The highest BCUT2D eigenvalue weighted by atomic mass is 16.6. The fourth-order valence-electron chi connectivity index (χ4n) is 10.7. The highest BCUT2D eigenvalue weighted by molar-refractivity contribution is 5.87. The molecule has 0 aromatic heterocycles. The Kier molecular flexibility index (Phi) is 10.4. The van der Waals surface area contributed by atoms with Crippen LogP contribution in [-0.2, 0) is 52.5 Å². The molecule has 1 aromatic carbocycles. The number of ether oxygens (including phenoxy) is 5. The minimum atomic E-state index is -1.42. The number of ketones is 1. The van der Waals surface area contributed by atoms with E-state index < -0.39 is 100 Å². The van der Waals surface area contributed by atoms with Gasteiger partial charge in [0.2, 0.25) is 0 Å². The molecule has 5 rings (SSSR count). The van der Waals surface area contributed by atoms with Crippen molar-refractivity contribution in [3.8, 4) is 0 Å². The lowest BCUT2D eigenvalue weighted by Crippen LogP contribution is -2.76. The van der Waals surface area contributed by atoms with E-state index in [-0.39, 0.29) is 12.4 Å². The predicted molar refractivity (Wildman–Crippen MR) is 184 cm³/mol. The number of rotatable bonds is 8. The summed E-state index contributed by atoms with van der Waals surface area (Å²) in [6.07, 6.45) is -0.203. The second-order valence-electron chi connectivity index (χ2n) is 15.4. The summed E-state index contributed by atoms with van der Waals surface area (Å²) in [5.41, 5.74) is -1.85. The molecule has 0 bridgehead atoms. The van der Waals surface area contributed by atoms with Crippen molar-refractivity contribution in [3.05, 3.63) is 54.6 Å². The number of fused-ring (bicyclic) bond motifs is 5. The van der Waals surface area contributed by atoms with E-state index in [9.17, 15) is 28.8 Å². The Labute approximate surface area is 299 Å². The van der Waals surface area contributed by atoms with E-state index in [0.717, 1.165) is 11.1 Å². The number of allylic oxidation sites excluding steroid dienone is 2. The van der Waals surface area contributed by atoms with Gasteiger partial charge in [0, 0.05) is 62.9 Å². The Morgan fingerprint density at radius 3 is 2.12 bits per heavy atom. The van der Waals surface area contributed by atoms with Crippen molar-refractivity contribution >= 4 is 41.2 Å². The molecule has 2 unspecified atom stereocenters. The number of hydrogen-bond acceptors (Lipinski definition) is 11. The summed E-state index contributed by atoms with van der Waals surface area (Å²) in [5.74, 6) is -6.24. The molecule has 4 aliphatic rings. The molecule has 3 saturated carbocycles. The molecule has 1 aromatic rings. The van der Waals surface area contributed by atoms with Crippen molar-refractivity contribution in [1.29, 1.82) is 0 Å². The van der Waals surface area contributed by atoms with Crippen molar-refractivity contribution in [1.82, 2.24) is 0 Å². The van der Waals surface area contributed by atoms with Gasteiger partial charge >= 0.3 is 29.8 Å². The molecule has 11 heteroatoms. The summed E-state index contributed by atoms with van der Waals surface area (Å²) < 4.78 is 30.3. The molecule has 3 aliphatic carbocycles. The second kappa shape index (κ2) is 14.0. The van der Waals surface area contributed by atoms with Gasteiger partial charge in [-0.3, -0.25) is 24.0 Å². The lowest BCUT2D eigenvalue weighted by molar-refractivity contribution is -0.300. The first-order valence-electron chi connectivity index (χ1n) is 17.7. The standard InChI is InChI=1S/C40H50O11/c1-21(28-13-11-10-12-14-28)19-29-22(2)33(46)30-17-18-38(8)31-15-16-32(45)47-20-40(31,23(3)48-24(4)41)37(51-27(7)44)34(49-25(5)42)35(38)39(30,9)36(29)50-26(6)43/h10-16,22-23,29-31,34-37H,1,17-20H2,2-9H3/t22-,23?,29+,30+,31?,34+,35+,36-,37+,38+,39+,40-/m1/s1. The molecular formula is C40H50O11. The molecule has 276 valence electrons. The maximum absolute atomic E-state index is 14.7. The summed E-state index contributed by atoms with van der Waals surface area (Å²) in [4.78, 5) is 79.4. The first-order valence-corrected chi connectivity index (χ1v) is 17.7. The molecule has 11 nitrogen and oxygen atoms in total. The van der Waals surface area contributed by atoms with Gasteiger partial charge in [-0.15, -0.1) is 0 Å². The summed E-state index contributed by atoms with van der Waals surface area (Å²) in [6, 6.07) is 9.59. The van der Waals surface area contributed by atoms with Crippen LogP contribution in [0.1, 0.15) is 80.2 Å². The number of carbonyl (C=O) groups excluding carboxylic acids is 6. The minimum absolute atomic E-state index is 0.000498. The summed E-state index contributed by atoms with van der Waals surface area (Å²) in [5, 5.41) is 0. The van der Waals surface area contributed by atoms with Crippen LogP contribution in [0, 0.1) is 45.8 Å². The highest BCUT2D eigenvalue weighted by Crippen LogP contribution is 2.71. The van der Waals surface area contributed by atoms with E-state index in [1.54, 1.807) is 13.0 Å². The van der Waals surface area contributed by atoms with Gasteiger partial charge in [0.1, 0.15) is 30.7 Å². The summed E-state index contributed by atoms with van der Waals surface area (Å²) >= 11 is 0. The summed E-state index contributed by atoms with van der Waals surface area (Å²) in [6.45, 7) is 16.5. The maximum Gasteiger partial charge on any atom is 0.330 e. The van der Waals surface area contributed by atoms with Gasteiger partial charge in [-0.1, -0.05) is 63.8 Å². The Bertz CT molecular complexity index is 1630. The molecule has 0 amide bonds. The fourth-order valence-corrected chi connectivity index (χ4v) is 10.7. The zero-order chi connectivity index (χ0) is 37.6. The smallest absolute Gasteiger partial charge is 0.330 e. The molecular weight excluding hydrogens is 656 g/mol. The van der Waals surface area contributed by atoms with E-state index in [1.807, 2.05) is 51.1 Å². The number of hydrogen-bond donors (Lipinski definition) is 0. The van der Waals surface area contributed by atoms with Gasteiger partial charge in [-0.05, 0) is 48.7 Å². The average molecular weight is 707 g/mol. The van der Waals surface area contributed by atoms with Gasteiger partial charge in [0.15, 0.2) is 6.10 Å². The van der Waals surface area contributed by atoms with Gasteiger partial charge < -0.3 is 23.7 Å². The van der Waals surface area contributed by atoms with Gasteiger partial charge in [0.25, 0.3) is 0 Å². The Hall–Kier alpha value is -4.28. The Morgan fingerprint density at radius 2 is 1.53 bits per heavy atom. The molecule has 0 radical (unpaired) electrons. The molecule has 3 fully saturated rings. The van der Waals surface area contributed by atoms with Crippen molar-refractivity contribution < 1.29 is 52.5 Å². The van der Waals surface area contributed by atoms with Crippen LogP contribution in [-0.4, -0.2) is 66.7 Å². The quantitative estimate of drug-likeness (QED) is 0.251. The van der Waals surface area contributed by atoms with Crippen LogP contribution in [0.2, 0.25) is 0 Å². The van der Waals surface area contributed by atoms with Crippen LogP contribution in [0.25, 0.3) is 5.57 Å². The fraction of sp³-hybridized carbons (Fsp3) is 0.600. The third-order valence-electron chi connectivity index (χ3n) is 12.5. The number of Topliss-reactive ketones (excluding diaryl/α,β-unsaturated/α-hetero) is 1. The number of carbonyl (C=O) groups is 6. The van der Waals surface area contributed by atoms with Crippen LogP contribution in [0.5, 0.6) is 0 Å². The first kappa shape index (κ1) is 38.0. The SMILES string of the molecule is C=C(C[C@@H]1[C@@H](OC(C)=O)[C@]2(C)[C@H]3[C@H](OC(C)=O)[C@H](OC(C)=O)[C@@]4(C(C)OC(C)=O)COC(=O)C=CC4[C@]3(C)CC[C@H]2C(=O)[C@@H]1C)c1ccccc1. The van der Waals surface area contributed by atoms with E-state index in [1.165, 1.54) is 33.8 Å².